The largest absolute Gasteiger partial charge is 0.365 e. The molecule has 0 saturated heterocycles. The molecule has 0 radical (unpaired) electrons. The molecule has 2 aromatic rings. The van der Waals surface area contributed by atoms with E-state index in [1.807, 2.05) is 26.0 Å². The van der Waals surface area contributed by atoms with Crippen LogP contribution in [0, 0.1) is 0 Å². The van der Waals surface area contributed by atoms with Gasteiger partial charge in [-0.1, -0.05) is 32.0 Å². The summed E-state index contributed by atoms with van der Waals surface area (Å²) in [5.41, 5.74) is 1.27. The minimum absolute atomic E-state index is 0.232. The first kappa shape index (κ1) is 15.0. The Morgan fingerprint density at radius 3 is 2.50 bits per heavy atom. The molecular weight excluding hydrogens is 296 g/mol. The molecule has 108 valence electrons. The summed E-state index contributed by atoms with van der Waals surface area (Å²) in [5.74, 6) is 0.232. The van der Waals surface area contributed by atoms with Gasteiger partial charge in [-0.2, -0.15) is 12.7 Å². The Bertz CT molecular complexity index is 695. The molecule has 1 aromatic heterocycles. The van der Waals surface area contributed by atoms with E-state index in [-0.39, 0.29) is 5.82 Å². The lowest BCUT2D eigenvalue weighted by Crippen LogP contribution is -2.26. The van der Waals surface area contributed by atoms with Crippen molar-refractivity contribution in [3.8, 4) is 0 Å². The smallest absolute Gasteiger partial charge is 0.269 e. The van der Waals surface area contributed by atoms with E-state index in [1.165, 1.54) is 11.3 Å². The second kappa shape index (κ2) is 5.90. The van der Waals surface area contributed by atoms with Gasteiger partial charge in [0.25, 0.3) is 0 Å². The Morgan fingerprint density at radius 1 is 1.25 bits per heavy atom. The molecule has 0 fully saturated rings. The Labute approximate surface area is 122 Å². The topological polar surface area (TPSA) is 70.5 Å². The summed E-state index contributed by atoms with van der Waals surface area (Å²) in [6, 6.07) is 7.07. The van der Waals surface area contributed by atoms with Gasteiger partial charge in [0.15, 0.2) is 5.82 Å². The average Bonchev–Trinajstić information content (AvgIpc) is 2.86. The van der Waals surface area contributed by atoms with Crippen LogP contribution >= 0.6 is 11.3 Å². The van der Waals surface area contributed by atoms with E-state index in [4.69, 9.17) is 0 Å². The highest BCUT2D eigenvalue weighted by Gasteiger charge is 2.26. The summed E-state index contributed by atoms with van der Waals surface area (Å²) in [7, 11) is -4.42. The van der Waals surface area contributed by atoms with Crippen LogP contribution in [0.1, 0.15) is 24.4 Å². The van der Waals surface area contributed by atoms with E-state index in [0.29, 0.717) is 12.1 Å². The summed E-state index contributed by atoms with van der Waals surface area (Å²) in [4.78, 5) is 4.25. The molecule has 1 heterocycles. The van der Waals surface area contributed by atoms with Crippen molar-refractivity contribution in [3.05, 3.63) is 40.2 Å². The van der Waals surface area contributed by atoms with E-state index >= 15 is 0 Å². The summed E-state index contributed by atoms with van der Waals surface area (Å²) >= 11 is 1.37. The zero-order chi connectivity index (χ0) is 14.8. The molecule has 0 spiro atoms. The van der Waals surface area contributed by atoms with Crippen molar-refractivity contribution in [2.45, 2.75) is 26.7 Å². The fourth-order valence-corrected chi connectivity index (χ4v) is 3.47. The van der Waals surface area contributed by atoms with Gasteiger partial charge in [-0.25, -0.2) is 4.98 Å². The number of nitrogens with zero attached hydrogens (tertiary/aromatic N) is 2. The fraction of sp³-hybridized carbons (Fsp3) is 0.308. The number of anilines is 2. The van der Waals surface area contributed by atoms with Crippen LogP contribution in [0.25, 0.3) is 0 Å². The fourth-order valence-electron chi connectivity index (χ4n) is 1.93. The minimum atomic E-state index is -4.42. The predicted octanol–water partition coefficient (Wildman–Crippen LogP) is 3.21. The number of rotatable bonds is 5. The van der Waals surface area contributed by atoms with Crippen molar-refractivity contribution in [2.75, 3.05) is 4.31 Å². The molecule has 1 aromatic carbocycles. The number of hydrogen-bond acceptors (Lipinski definition) is 4. The van der Waals surface area contributed by atoms with Gasteiger partial charge in [-0.3, -0.25) is 4.55 Å². The zero-order valence-corrected chi connectivity index (χ0v) is 12.9. The van der Waals surface area contributed by atoms with Gasteiger partial charge < -0.3 is 0 Å². The van der Waals surface area contributed by atoms with E-state index < -0.39 is 10.3 Å². The van der Waals surface area contributed by atoms with Gasteiger partial charge in [0.05, 0.1) is 10.7 Å². The number of benzene rings is 1. The van der Waals surface area contributed by atoms with Gasteiger partial charge >= 0.3 is 10.3 Å². The number of aryl methyl sites for hydroxylation is 2. The molecule has 0 aliphatic heterocycles. The van der Waals surface area contributed by atoms with Crippen LogP contribution in [0.3, 0.4) is 0 Å². The van der Waals surface area contributed by atoms with Crippen molar-refractivity contribution >= 4 is 33.1 Å². The lowest BCUT2D eigenvalue weighted by molar-refractivity contribution is 0.483. The maximum atomic E-state index is 11.7. The minimum Gasteiger partial charge on any atom is -0.269 e. The molecule has 0 aliphatic rings. The molecular formula is C13H16N2O3S2. The molecule has 0 atom stereocenters. The SMILES string of the molecule is CCc1nc(N(c2ccccc2CC)S(=O)(=O)O)cs1. The molecule has 7 heteroatoms. The van der Waals surface area contributed by atoms with Crippen LogP contribution < -0.4 is 4.31 Å². The van der Waals surface area contributed by atoms with E-state index in [1.54, 1.807) is 17.5 Å². The van der Waals surface area contributed by atoms with Crippen molar-refractivity contribution in [1.82, 2.24) is 4.98 Å². The van der Waals surface area contributed by atoms with Crippen LogP contribution in [0.4, 0.5) is 11.5 Å². The standard InChI is InChI=1S/C13H16N2O3S2/c1-3-10-7-5-6-8-11(10)15(20(16,17)18)12-9-19-13(4-2)14-12/h5-9H,3-4H2,1-2H3,(H,16,17,18). The predicted molar refractivity (Wildman–Crippen MR) is 81.0 cm³/mol. The van der Waals surface area contributed by atoms with Gasteiger partial charge in [0.1, 0.15) is 0 Å². The van der Waals surface area contributed by atoms with Gasteiger partial charge in [-0.15, -0.1) is 11.3 Å². The first-order valence-electron chi connectivity index (χ1n) is 6.27. The Hall–Kier alpha value is -1.44. The number of aromatic nitrogens is 1. The number of hydrogen-bond donors (Lipinski definition) is 1. The zero-order valence-electron chi connectivity index (χ0n) is 11.3. The summed E-state index contributed by atoms with van der Waals surface area (Å²) in [6.45, 7) is 3.87. The molecule has 20 heavy (non-hydrogen) atoms. The third-order valence-electron chi connectivity index (χ3n) is 2.87. The van der Waals surface area contributed by atoms with Gasteiger partial charge in [0, 0.05) is 5.38 Å². The van der Waals surface area contributed by atoms with Crippen molar-refractivity contribution in [3.63, 3.8) is 0 Å². The van der Waals surface area contributed by atoms with Crippen LogP contribution in [-0.4, -0.2) is 18.0 Å². The molecule has 0 saturated carbocycles. The molecule has 0 bridgehead atoms. The average molecular weight is 312 g/mol. The van der Waals surface area contributed by atoms with Gasteiger partial charge in [0.2, 0.25) is 0 Å². The third kappa shape index (κ3) is 3.00. The second-order valence-corrected chi connectivity index (χ2v) is 6.38. The summed E-state index contributed by atoms with van der Waals surface area (Å²) < 4.78 is 33.9. The number of thiazole rings is 1. The normalized spacial score (nSPS) is 11.6. The van der Waals surface area contributed by atoms with E-state index in [9.17, 15) is 13.0 Å². The molecule has 1 N–H and O–H groups in total. The Morgan fingerprint density at radius 2 is 1.95 bits per heavy atom. The van der Waals surface area contributed by atoms with Crippen LogP contribution in [0.2, 0.25) is 0 Å². The first-order valence-corrected chi connectivity index (χ1v) is 8.55. The summed E-state index contributed by atoms with van der Waals surface area (Å²) in [5, 5.41) is 2.46. The molecule has 2 rings (SSSR count). The van der Waals surface area contributed by atoms with Crippen molar-refractivity contribution in [1.29, 1.82) is 0 Å². The molecule has 0 aliphatic carbocycles. The van der Waals surface area contributed by atoms with Crippen molar-refractivity contribution < 1.29 is 13.0 Å². The molecule has 0 amide bonds. The first-order chi connectivity index (χ1) is 9.47. The highest BCUT2D eigenvalue weighted by molar-refractivity contribution is 7.87. The Kier molecular flexibility index (Phi) is 4.42. The van der Waals surface area contributed by atoms with Gasteiger partial charge in [-0.05, 0) is 24.5 Å². The molecule has 5 nitrogen and oxygen atoms in total. The maximum Gasteiger partial charge on any atom is 0.365 e. The lowest BCUT2D eigenvalue weighted by atomic mass is 10.1. The lowest BCUT2D eigenvalue weighted by Gasteiger charge is -2.20. The number of para-hydroxylation sites is 1. The third-order valence-corrected chi connectivity index (χ3v) is 4.70. The highest BCUT2D eigenvalue weighted by atomic mass is 32.2. The Balaban J connectivity index is 2.59. The highest BCUT2D eigenvalue weighted by Crippen LogP contribution is 2.32. The second-order valence-electron chi connectivity index (χ2n) is 4.18. The van der Waals surface area contributed by atoms with E-state index in [2.05, 4.69) is 4.98 Å². The quantitative estimate of drug-likeness (QED) is 0.861. The maximum absolute atomic E-state index is 11.7. The summed E-state index contributed by atoms with van der Waals surface area (Å²) in [6.07, 6.45) is 1.38. The monoisotopic (exact) mass is 312 g/mol. The van der Waals surface area contributed by atoms with Crippen LogP contribution in [0.15, 0.2) is 29.6 Å². The van der Waals surface area contributed by atoms with Crippen molar-refractivity contribution in [2.24, 2.45) is 0 Å². The molecule has 0 unspecified atom stereocenters. The van der Waals surface area contributed by atoms with Crippen LogP contribution in [-0.2, 0) is 23.1 Å². The van der Waals surface area contributed by atoms with E-state index in [0.717, 1.165) is 21.3 Å². The van der Waals surface area contributed by atoms with Crippen LogP contribution in [0.5, 0.6) is 0 Å².